The standard InChI is InChI=1S/C19H31N5OS/c1-4-16-7-5-6-8-17(16)21-18(25)15-23-11-13-24(14-12-23)19(26)20-9-10-22(2)3/h5-8H,4,9-15H2,1-3H3,(H,20,26)(H,21,25)/p+2. The lowest BCUT2D eigenvalue weighted by Crippen LogP contribution is -3.15. The van der Waals surface area contributed by atoms with Gasteiger partial charge in [-0.05, 0) is 30.3 Å². The average molecular weight is 380 g/mol. The number of carbonyl (C=O) groups is 1. The van der Waals surface area contributed by atoms with Gasteiger partial charge in [0.2, 0.25) is 0 Å². The Morgan fingerprint density at radius 1 is 1.27 bits per heavy atom. The molecule has 0 bridgehead atoms. The second kappa shape index (κ2) is 10.4. The molecule has 0 saturated carbocycles. The van der Waals surface area contributed by atoms with E-state index in [1.807, 2.05) is 18.2 Å². The van der Waals surface area contributed by atoms with Gasteiger partial charge in [-0.2, -0.15) is 0 Å². The molecule has 0 aliphatic carbocycles. The number of nitrogens with zero attached hydrogens (tertiary/aromatic N) is 1. The third-order valence-corrected chi connectivity index (χ3v) is 5.14. The van der Waals surface area contributed by atoms with E-state index in [-0.39, 0.29) is 5.91 Å². The van der Waals surface area contributed by atoms with Gasteiger partial charge in [0, 0.05) is 5.69 Å². The summed E-state index contributed by atoms with van der Waals surface area (Å²) in [5.41, 5.74) is 2.11. The van der Waals surface area contributed by atoms with Crippen molar-refractivity contribution >= 4 is 28.9 Å². The Hall–Kier alpha value is -1.70. The van der Waals surface area contributed by atoms with Crippen molar-refractivity contribution in [2.24, 2.45) is 0 Å². The molecular weight excluding hydrogens is 346 g/mol. The number of nitrogens with one attached hydrogen (secondary N) is 4. The Bertz CT molecular complexity index is 599. The topological polar surface area (TPSA) is 53.2 Å². The van der Waals surface area contributed by atoms with Gasteiger partial charge in [0.25, 0.3) is 5.91 Å². The largest absolute Gasteiger partial charge is 0.357 e. The van der Waals surface area contributed by atoms with Crippen molar-refractivity contribution in [3.8, 4) is 0 Å². The van der Waals surface area contributed by atoms with E-state index < -0.39 is 0 Å². The van der Waals surface area contributed by atoms with Gasteiger partial charge in [0.15, 0.2) is 11.7 Å². The molecule has 0 unspecified atom stereocenters. The van der Waals surface area contributed by atoms with Crippen LogP contribution in [0.1, 0.15) is 12.5 Å². The predicted molar refractivity (Wildman–Crippen MR) is 110 cm³/mol. The number of piperazine rings is 1. The number of likely N-dealkylation sites (N-methyl/N-ethyl adjacent to an activating group) is 1. The number of aryl methyl sites for hydroxylation is 1. The van der Waals surface area contributed by atoms with Crippen molar-refractivity contribution in [2.45, 2.75) is 13.3 Å². The molecule has 1 heterocycles. The van der Waals surface area contributed by atoms with Crippen LogP contribution >= 0.6 is 12.2 Å². The van der Waals surface area contributed by atoms with Crippen molar-refractivity contribution in [3.05, 3.63) is 29.8 Å². The molecule has 1 amide bonds. The van der Waals surface area contributed by atoms with Gasteiger partial charge in [-0.1, -0.05) is 25.1 Å². The summed E-state index contributed by atoms with van der Waals surface area (Å²) in [4.78, 5) is 17.3. The highest BCUT2D eigenvalue weighted by Crippen LogP contribution is 2.14. The van der Waals surface area contributed by atoms with Crippen LogP contribution in [0.4, 0.5) is 5.69 Å². The van der Waals surface area contributed by atoms with Gasteiger partial charge < -0.3 is 25.3 Å². The zero-order chi connectivity index (χ0) is 18.9. The smallest absolute Gasteiger partial charge is 0.279 e. The van der Waals surface area contributed by atoms with E-state index in [0.717, 1.165) is 56.5 Å². The number of quaternary nitrogens is 2. The highest BCUT2D eigenvalue weighted by Gasteiger charge is 2.23. The Labute approximate surface area is 162 Å². The summed E-state index contributed by atoms with van der Waals surface area (Å²) < 4.78 is 0. The molecule has 1 fully saturated rings. The SMILES string of the molecule is CCc1ccccc1NC(=O)C[NH+]1CCN(C(=S)NCC[NH+](C)C)CC1. The Kier molecular flexibility index (Phi) is 8.28. The monoisotopic (exact) mass is 379 g/mol. The van der Waals surface area contributed by atoms with Crippen LogP contribution in [-0.4, -0.2) is 75.8 Å². The maximum Gasteiger partial charge on any atom is 0.279 e. The normalized spacial score (nSPS) is 15.2. The highest BCUT2D eigenvalue weighted by atomic mass is 32.1. The summed E-state index contributed by atoms with van der Waals surface area (Å²) in [6.07, 6.45) is 0.918. The van der Waals surface area contributed by atoms with Crippen molar-refractivity contribution in [1.82, 2.24) is 10.2 Å². The molecule has 2 rings (SSSR count). The fourth-order valence-electron chi connectivity index (χ4n) is 3.11. The first-order chi connectivity index (χ1) is 12.5. The molecular formula is C19H33N5OS+2. The molecule has 144 valence electrons. The van der Waals surface area contributed by atoms with Gasteiger partial charge in [-0.3, -0.25) is 4.79 Å². The molecule has 6 nitrogen and oxygen atoms in total. The second-order valence-corrected chi connectivity index (χ2v) is 7.55. The molecule has 26 heavy (non-hydrogen) atoms. The summed E-state index contributed by atoms with van der Waals surface area (Å²) in [5.74, 6) is 0.0870. The van der Waals surface area contributed by atoms with E-state index in [9.17, 15) is 4.79 Å². The van der Waals surface area contributed by atoms with Crippen molar-refractivity contribution in [2.75, 3.05) is 65.2 Å². The first-order valence-electron chi connectivity index (χ1n) is 9.52. The minimum absolute atomic E-state index is 0.0870. The van der Waals surface area contributed by atoms with E-state index in [2.05, 4.69) is 42.6 Å². The number of hydrogen-bond acceptors (Lipinski definition) is 2. The number of anilines is 1. The molecule has 0 radical (unpaired) electrons. The summed E-state index contributed by atoms with van der Waals surface area (Å²) in [5, 5.41) is 7.24. The summed E-state index contributed by atoms with van der Waals surface area (Å²) >= 11 is 5.48. The van der Waals surface area contributed by atoms with Gasteiger partial charge in [0.05, 0.1) is 53.4 Å². The average Bonchev–Trinajstić information content (AvgIpc) is 2.62. The molecule has 0 atom stereocenters. The van der Waals surface area contributed by atoms with Crippen LogP contribution in [-0.2, 0) is 11.2 Å². The van der Waals surface area contributed by atoms with Gasteiger partial charge in [-0.25, -0.2) is 0 Å². The zero-order valence-corrected chi connectivity index (χ0v) is 17.0. The van der Waals surface area contributed by atoms with Gasteiger partial charge >= 0.3 is 0 Å². The quantitative estimate of drug-likeness (QED) is 0.432. The van der Waals surface area contributed by atoms with Crippen LogP contribution in [0.15, 0.2) is 24.3 Å². The van der Waals surface area contributed by atoms with E-state index >= 15 is 0 Å². The second-order valence-electron chi connectivity index (χ2n) is 7.16. The van der Waals surface area contributed by atoms with Crippen LogP contribution in [0.5, 0.6) is 0 Å². The highest BCUT2D eigenvalue weighted by molar-refractivity contribution is 7.80. The minimum Gasteiger partial charge on any atom is -0.357 e. The number of carbonyl (C=O) groups excluding carboxylic acids is 1. The molecule has 1 aromatic carbocycles. The molecule has 7 heteroatoms. The molecule has 1 aliphatic heterocycles. The van der Waals surface area contributed by atoms with Gasteiger partial charge in [0.1, 0.15) is 0 Å². The molecule has 4 N–H and O–H groups in total. The maximum atomic E-state index is 12.4. The molecule has 1 aliphatic rings. The van der Waals surface area contributed by atoms with Gasteiger partial charge in [-0.15, -0.1) is 0 Å². The number of amides is 1. The number of benzene rings is 1. The molecule has 1 saturated heterocycles. The summed E-state index contributed by atoms with van der Waals surface area (Å²) in [6.45, 7) is 8.22. The fourth-order valence-corrected chi connectivity index (χ4v) is 3.39. The molecule has 0 spiro atoms. The van der Waals surface area contributed by atoms with Crippen molar-refractivity contribution < 1.29 is 14.6 Å². The lowest BCUT2D eigenvalue weighted by molar-refractivity contribution is -0.895. The summed E-state index contributed by atoms with van der Waals surface area (Å²) in [7, 11) is 4.27. The van der Waals surface area contributed by atoms with Crippen LogP contribution in [0.3, 0.4) is 0 Å². The number of thiocarbonyl (C=S) groups is 1. The number of rotatable bonds is 7. The molecule has 1 aromatic rings. The zero-order valence-electron chi connectivity index (χ0n) is 16.2. The first kappa shape index (κ1) is 20.6. The minimum atomic E-state index is 0.0870. The van der Waals surface area contributed by atoms with Crippen molar-refractivity contribution in [3.63, 3.8) is 0 Å². The Morgan fingerprint density at radius 3 is 2.62 bits per heavy atom. The lowest BCUT2D eigenvalue weighted by Gasteiger charge is -2.33. The van der Waals surface area contributed by atoms with E-state index in [1.54, 1.807) is 0 Å². The number of hydrogen-bond donors (Lipinski definition) is 4. The van der Waals surface area contributed by atoms with Crippen LogP contribution in [0.2, 0.25) is 0 Å². The Morgan fingerprint density at radius 2 is 1.96 bits per heavy atom. The Balaban J connectivity index is 1.72. The van der Waals surface area contributed by atoms with E-state index in [1.165, 1.54) is 15.4 Å². The van der Waals surface area contributed by atoms with E-state index in [4.69, 9.17) is 12.2 Å². The van der Waals surface area contributed by atoms with E-state index in [0.29, 0.717) is 6.54 Å². The third kappa shape index (κ3) is 6.55. The fraction of sp³-hybridized carbons (Fsp3) is 0.579. The summed E-state index contributed by atoms with van der Waals surface area (Å²) in [6, 6.07) is 8.01. The third-order valence-electron chi connectivity index (χ3n) is 4.74. The van der Waals surface area contributed by atoms with Crippen LogP contribution in [0.25, 0.3) is 0 Å². The maximum absolute atomic E-state index is 12.4. The predicted octanol–water partition coefficient (Wildman–Crippen LogP) is -1.59. The number of para-hydroxylation sites is 1. The van der Waals surface area contributed by atoms with Crippen LogP contribution < -0.4 is 20.4 Å². The first-order valence-corrected chi connectivity index (χ1v) is 9.93. The molecule has 0 aromatic heterocycles. The van der Waals surface area contributed by atoms with Crippen LogP contribution in [0, 0.1) is 0 Å². The van der Waals surface area contributed by atoms with Crippen molar-refractivity contribution in [1.29, 1.82) is 0 Å². The lowest BCUT2D eigenvalue weighted by atomic mass is 10.1.